The summed E-state index contributed by atoms with van der Waals surface area (Å²) in [5.41, 5.74) is 27.4. The maximum Gasteiger partial charge on any atom is 0.160 e. The van der Waals surface area contributed by atoms with Gasteiger partial charge >= 0.3 is 0 Å². The molecule has 7 aliphatic rings. The maximum absolute atomic E-state index is 6.89. The second-order valence-corrected chi connectivity index (χ2v) is 16.4. The number of hydrogen-bond donors (Lipinski definition) is 3. The fraction of sp³-hybridized carbons (Fsp3) is 0.306. The van der Waals surface area contributed by atoms with Gasteiger partial charge in [0.15, 0.2) is 5.82 Å². The van der Waals surface area contributed by atoms with Crippen LogP contribution in [0.3, 0.4) is 0 Å². The molecule has 0 saturated heterocycles. The van der Waals surface area contributed by atoms with Crippen LogP contribution in [0, 0.1) is 29.6 Å². The average Bonchev–Trinajstić information content (AvgIpc) is 4.16. The van der Waals surface area contributed by atoms with E-state index in [-0.39, 0.29) is 11.8 Å². The normalized spacial score (nSPS) is 28.1. The zero-order chi connectivity index (χ0) is 36.3. The summed E-state index contributed by atoms with van der Waals surface area (Å²) >= 11 is 0. The van der Waals surface area contributed by atoms with Crippen LogP contribution in [0.2, 0.25) is 0 Å². The Hall–Kier alpha value is -5.42. The molecule has 0 bridgehead atoms. The summed E-state index contributed by atoms with van der Waals surface area (Å²) in [5.74, 6) is 3.76. The summed E-state index contributed by atoms with van der Waals surface area (Å²) in [6, 6.07) is 13.6. The van der Waals surface area contributed by atoms with Gasteiger partial charge < -0.3 is 16.8 Å². The quantitative estimate of drug-likeness (QED) is 0.193. The predicted molar refractivity (Wildman–Crippen MR) is 223 cm³/mol. The molecule has 6 aliphatic carbocycles. The van der Waals surface area contributed by atoms with Gasteiger partial charge in [-0.25, -0.2) is 9.97 Å². The van der Waals surface area contributed by atoms with Gasteiger partial charge in [-0.05, 0) is 103 Å². The van der Waals surface area contributed by atoms with E-state index in [9.17, 15) is 0 Å². The van der Waals surface area contributed by atoms with Gasteiger partial charge in [0, 0.05) is 52.2 Å². The summed E-state index contributed by atoms with van der Waals surface area (Å²) in [6.45, 7) is 4.82. The molecule has 0 radical (unpaired) electrons. The van der Waals surface area contributed by atoms with E-state index >= 15 is 0 Å². The Balaban J connectivity index is 0.999. The minimum atomic E-state index is 0.185. The van der Waals surface area contributed by atoms with Crippen LogP contribution >= 0.6 is 0 Å². The molecule has 5 heteroatoms. The number of fused-ring (bicyclic) bond motifs is 6. The smallest absolute Gasteiger partial charge is 0.160 e. The number of nitrogens with zero attached hydrogens (tertiary/aromatic N) is 2. The van der Waals surface area contributed by atoms with Gasteiger partial charge in [0.05, 0.1) is 16.9 Å². The molecule has 5 N–H and O–H groups in total. The monoisotopic (exact) mass is 707 g/mol. The molecule has 0 spiro atoms. The highest BCUT2D eigenvalue weighted by Crippen LogP contribution is 2.55. The number of allylic oxidation sites excluding steroid dienone is 15. The third-order valence-corrected chi connectivity index (χ3v) is 12.9. The third kappa shape index (κ3) is 5.95. The van der Waals surface area contributed by atoms with Gasteiger partial charge in [0.25, 0.3) is 0 Å². The van der Waals surface area contributed by atoms with Gasteiger partial charge in [-0.1, -0.05) is 109 Å². The molecule has 0 amide bonds. The van der Waals surface area contributed by atoms with Crippen LogP contribution in [0.4, 0.5) is 0 Å². The Bertz CT molecular complexity index is 2340. The molecule has 2 fully saturated rings. The number of hydrogen-bond acceptors (Lipinski definition) is 5. The molecule has 1 aliphatic heterocycles. The van der Waals surface area contributed by atoms with Crippen LogP contribution in [-0.4, -0.2) is 16.5 Å². The molecule has 1 aromatic heterocycles. The molecule has 54 heavy (non-hydrogen) atoms. The van der Waals surface area contributed by atoms with E-state index in [2.05, 4.69) is 121 Å². The number of nitrogens with two attached hydrogens (primary N) is 2. The lowest BCUT2D eigenvalue weighted by Gasteiger charge is -2.34. The number of benzene rings is 2. The van der Waals surface area contributed by atoms with Crippen molar-refractivity contribution in [3.63, 3.8) is 0 Å². The van der Waals surface area contributed by atoms with Crippen LogP contribution in [0.25, 0.3) is 33.8 Å². The molecule has 3 aromatic rings. The number of rotatable bonds is 9. The van der Waals surface area contributed by atoms with Gasteiger partial charge in [-0.2, -0.15) is 0 Å². The van der Waals surface area contributed by atoms with Gasteiger partial charge in [-0.3, -0.25) is 0 Å². The van der Waals surface area contributed by atoms with Gasteiger partial charge in [-0.15, -0.1) is 6.58 Å². The van der Waals surface area contributed by atoms with Gasteiger partial charge in [0.1, 0.15) is 0 Å². The summed E-state index contributed by atoms with van der Waals surface area (Å²) in [4.78, 5) is 10.8. The van der Waals surface area contributed by atoms with Crippen LogP contribution < -0.4 is 16.8 Å². The Labute approximate surface area is 319 Å². The van der Waals surface area contributed by atoms with E-state index in [1.165, 1.54) is 47.1 Å². The van der Waals surface area contributed by atoms with E-state index in [1.54, 1.807) is 0 Å². The van der Waals surface area contributed by atoms with Crippen molar-refractivity contribution in [3.8, 4) is 11.3 Å². The summed E-state index contributed by atoms with van der Waals surface area (Å²) in [6.07, 6.45) is 37.1. The standard InChI is InChI=1S/C49H49N5/c1-2-3-8-39-41(28-37-7-5-26-52-47(37)45(39)51)31-14-19-34(20-15-31)46-40-25-24-32-18-23-36-27-42(36)43(32)48(40)54-49(53-46)35-21-16-30(17-22-35)38-9-4-6-33(44(38)50)13-12-29-10-11-29/h2,4-7,12-16,18-25,28-30,36,38-39,41-42,52H,1,3,8-11,17,26-27,50-51H2/b13-12-. The Morgan fingerprint density at radius 3 is 2.54 bits per heavy atom. The lowest BCUT2D eigenvalue weighted by atomic mass is 9.75. The topological polar surface area (TPSA) is 89.8 Å². The zero-order valence-corrected chi connectivity index (χ0v) is 30.9. The van der Waals surface area contributed by atoms with Crippen molar-refractivity contribution in [2.75, 3.05) is 6.54 Å². The molecular formula is C49H49N5. The fourth-order valence-electron chi connectivity index (χ4n) is 9.52. The summed E-state index contributed by atoms with van der Waals surface area (Å²) in [7, 11) is 0. The minimum Gasteiger partial charge on any atom is -0.401 e. The van der Waals surface area contributed by atoms with Crippen LogP contribution in [-0.2, 0) is 0 Å². The first-order chi connectivity index (χ1) is 26.5. The minimum absolute atomic E-state index is 0.185. The van der Waals surface area contributed by atoms with Crippen molar-refractivity contribution in [3.05, 3.63) is 167 Å². The third-order valence-electron chi connectivity index (χ3n) is 12.9. The van der Waals surface area contributed by atoms with E-state index in [0.29, 0.717) is 23.7 Å². The number of nitrogens with one attached hydrogen (secondary N) is 1. The van der Waals surface area contributed by atoms with Crippen molar-refractivity contribution in [1.29, 1.82) is 0 Å². The molecule has 6 atom stereocenters. The van der Waals surface area contributed by atoms with E-state index in [4.69, 9.17) is 21.4 Å². The first-order valence-electron chi connectivity index (χ1n) is 20.1. The van der Waals surface area contributed by atoms with E-state index in [0.717, 1.165) is 88.8 Å². The first-order valence-corrected chi connectivity index (χ1v) is 20.1. The van der Waals surface area contributed by atoms with Crippen molar-refractivity contribution in [2.45, 2.75) is 56.8 Å². The number of aromatic nitrogens is 2. The van der Waals surface area contributed by atoms with Crippen molar-refractivity contribution >= 4 is 22.6 Å². The summed E-state index contributed by atoms with van der Waals surface area (Å²) in [5, 5.41) is 4.65. The molecule has 10 rings (SSSR count). The zero-order valence-electron chi connectivity index (χ0n) is 30.9. The van der Waals surface area contributed by atoms with Crippen molar-refractivity contribution in [2.24, 2.45) is 41.1 Å². The highest BCUT2D eigenvalue weighted by Gasteiger charge is 2.41. The van der Waals surface area contributed by atoms with Crippen LogP contribution in [0.15, 0.2) is 144 Å². The van der Waals surface area contributed by atoms with Gasteiger partial charge in [0.2, 0.25) is 0 Å². The van der Waals surface area contributed by atoms with Crippen molar-refractivity contribution in [1.82, 2.24) is 15.3 Å². The molecular weight excluding hydrogens is 659 g/mol. The lowest BCUT2D eigenvalue weighted by molar-refractivity contribution is 0.448. The van der Waals surface area contributed by atoms with Crippen molar-refractivity contribution < 1.29 is 0 Å². The fourth-order valence-corrected chi connectivity index (χ4v) is 9.52. The maximum atomic E-state index is 6.89. The molecule has 270 valence electrons. The van der Waals surface area contributed by atoms with E-state index < -0.39 is 0 Å². The van der Waals surface area contributed by atoms with Crippen LogP contribution in [0.5, 0.6) is 0 Å². The molecule has 2 aromatic carbocycles. The molecule has 2 heterocycles. The molecule has 6 unspecified atom stereocenters. The highest BCUT2D eigenvalue weighted by atomic mass is 14.9. The lowest BCUT2D eigenvalue weighted by Crippen LogP contribution is -2.32. The summed E-state index contributed by atoms with van der Waals surface area (Å²) < 4.78 is 0. The predicted octanol–water partition coefficient (Wildman–Crippen LogP) is 10.1. The highest BCUT2D eigenvalue weighted by molar-refractivity contribution is 5.98. The second kappa shape index (κ2) is 13.5. The Morgan fingerprint density at radius 1 is 0.852 bits per heavy atom. The largest absolute Gasteiger partial charge is 0.401 e. The molecule has 2 saturated carbocycles. The van der Waals surface area contributed by atoms with E-state index in [1.807, 2.05) is 6.08 Å². The second-order valence-electron chi connectivity index (χ2n) is 16.4. The average molecular weight is 708 g/mol. The first kappa shape index (κ1) is 33.2. The Kier molecular flexibility index (Phi) is 8.27. The van der Waals surface area contributed by atoms with Crippen LogP contribution in [0.1, 0.15) is 79.3 Å². The SMILES string of the molecule is C=CCCC1C(N)=C2NCC=CC2=CC1c1ccc(-c2nc(C3=CCC(C4CC=CC(/C=C\C5CC5)=C4N)C=C3)nc3c4c(ccc23)C=CC2CC42)cc1. The Morgan fingerprint density at radius 2 is 1.72 bits per heavy atom. The molecule has 5 nitrogen and oxygen atoms in total.